The summed E-state index contributed by atoms with van der Waals surface area (Å²) in [6.45, 7) is 2.68. The van der Waals surface area contributed by atoms with Crippen LogP contribution in [0.3, 0.4) is 0 Å². The molecule has 1 atom stereocenters. The molecule has 3 rings (SSSR count). The van der Waals surface area contributed by atoms with Gasteiger partial charge in [0.15, 0.2) is 0 Å². The first-order valence-corrected chi connectivity index (χ1v) is 9.34. The van der Waals surface area contributed by atoms with Crippen LogP contribution in [-0.4, -0.2) is 77.2 Å². The second kappa shape index (κ2) is 9.88. The summed E-state index contributed by atoms with van der Waals surface area (Å²) < 4.78 is 36.7. The molecule has 166 valence electrons. The zero-order chi connectivity index (χ0) is 22.4. The molecule has 2 fully saturated rings. The van der Waals surface area contributed by atoms with Gasteiger partial charge in [0.2, 0.25) is 11.8 Å². The lowest BCUT2D eigenvalue weighted by atomic mass is 9.78. The number of carboxylic acid groups (broad SMARTS) is 1. The summed E-state index contributed by atoms with van der Waals surface area (Å²) in [5.74, 6) is -2.60. The summed E-state index contributed by atoms with van der Waals surface area (Å²) in [5.41, 5.74) is 0.644. The molecular formula is C19H24F3N3O5. The third-order valence-corrected chi connectivity index (χ3v) is 5.14. The Kier molecular flexibility index (Phi) is 7.77. The van der Waals surface area contributed by atoms with Gasteiger partial charge in [-0.15, -0.1) is 0 Å². The summed E-state index contributed by atoms with van der Waals surface area (Å²) in [5, 5.41) is 7.12. The van der Waals surface area contributed by atoms with Gasteiger partial charge >= 0.3 is 12.1 Å². The summed E-state index contributed by atoms with van der Waals surface area (Å²) in [7, 11) is 1.52. The van der Waals surface area contributed by atoms with Gasteiger partial charge in [0, 0.05) is 45.7 Å². The number of carboxylic acids is 1. The molecule has 3 heterocycles. The number of alkyl halides is 3. The molecule has 0 aromatic carbocycles. The van der Waals surface area contributed by atoms with Crippen LogP contribution in [0, 0.1) is 5.41 Å². The fraction of sp³-hybridized carbons (Fsp3) is 0.579. The number of carbonyl (C=O) groups excluding carboxylic acids is 2. The van der Waals surface area contributed by atoms with Crippen LogP contribution in [0.5, 0.6) is 0 Å². The van der Waals surface area contributed by atoms with E-state index in [9.17, 15) is 22.8 Å². The van der Waals surface area contributed by atoms with Gasteiger partial charge in [0.25, 0.3) is 0 Å². The minimum absolute atomic E-state index is 0.0231. The normalized spacial score (nSPS) is 21.4. The molecule has 2 aliphatic heterocycles. The number of hydrogen-bond donors (Lipinski definition) is 1. The number of likely N-dealkylation sites (tertiary alicyclic amines) is 2. The number of carbonyl (C=O) groups is 3. The van der Waals surface area contributed by atoms with Crippen LogP contribution in [0.4, 0.5) is 13.2 Å². The third-order valence-electron chi connectivity index (χ3n) is 5.14. The predicted octanol–water partition coefficient (Wildman–Crippen LogP) is 1.70. The summed E-state index contributed by atoms with van der Waals surface area (Å²) >= 11 is 0. The highest BCUT2D eigenvalue weighted by Gasteiger charge is 2.49. The molecule has 8 nitrogen and oxygen atoms in total. The van der Waals surface area contributed by atoms with E-state index in [2.05, 4.69) is 4.98 Å². The number of halogens is 3. The molecule has 2 saturated heterocycles. The molecule has 11 heteroatoms. The minimum atomic E-state index is -5.08. The Morgan fingerprint density at radius 1 is 1.30 bits per heavy atom. The van der Waals surface area contributed by atoms with Gasteiger partial charge in [-0.2, -0.15) is 13.2 Å². The lowest BCUT2D eigenvalue weighted by molar-refractivity contribution is -0.192. The van der Waals surface area contributed by atoms with Crippen molar-refractivity contribution in [2.75, 3.05) is 33.4 Å². The number of rotatable bonds is 4. The van der Waals surface area contributed by atoms with E-state index in [-0.39, 0.29) is 18.4 Å². The number of nitrogens with zero attached hydrogens (tertiary/aromatic N) is 3. The smallest absolute Gasteiger partial charge is 0.475 e. The highest BCUT2D eigenvalue weighted by Crippen LogP contribution is 2.40. The number of hydrogen-bond acceptors (Lipinski definition) is 5. The molecule has 0 aliphatic carbocycles. The van der Waals surface area contributed by atoms with Crippen molar-refractivity contribution in [2.45, 2.75) is 32.0 Å². The molecule has 1 aromatic rings. The molecule has 0 saturated carbocycles. The topological polar surface area (TPSA) is 100 Å². The van der Waals surface area contributed by atoms with Crippen molar-refractivity contribution in [2.24, 2.45) is 5.41 Å². The Bertz CT molecular complexity index is 760. The monoisotopic (exact) mass is 431 g/mol. The highest BCUT2D eigenvalue weighted by atomic mass is 19.4. The zero-order valence-corrected chi connectivity index (χ0v) is 16.5. The van der Waals surface area contributed by atoms with Crippen LogP contribution in [0.25, 0.3) is 0 Å². The first-order valence-electron chi connectivity index (χ1n) is 9.34. The Morgan fingerprint density at radius 3 is 2.57 bits per heavy atom. The number of methoxy groups -OCH3 is 1. The first-order chi connectivity index (χ1) is 14.1. The molecule has 0 radical (unpaired) electrons. The summed E-state index contributed by atoms with van der Waals surface area (Å²) in [6, 6.07) is 3.87. The van der Waals surface area contributed by atoms with Crippen LogP contribution in [0.2, 0.25) is 0 Å². The Hall–Kier alpha value is -2.69. The van der Waals surface area contributed by atoms with E-state index in [1.807, 2.05) is 17.0 Å². The van der Waals surface area contributed by atoms with E-state index in [0.29, 0.717) is 13.1 Å². The van der Waals surface area contributed by atoms with E-state index >= 15 is 0 Å². The molecule has 1 spiro atoms. The molecule has 2 amide bonds. The number of pyridine rings is 1. The lowest BCUT2D eigenvalue weighted by Gasteiger charge is -2.39. The van der Waals surface area contributed by atoms with E-state index in [1.54, 1.807) is 17.3 Å². The summed E-state index contributed by atoms with van der Waals surface area (Å²) in [4.78, 5) is 41.7. The molecule has 1 aromatic heterocycles. The van der Waals surface area contributed by atoms with Crippen molar-refractivity contribution in [3.8, 4) is 0 Å². The van der Waals surface area contributed by atoms with Crippen molar-refractivity contribution < 1.29 is 37.4 Å². The lowest BCUT2D eigenvalue weighted by Crippen LogP contribution is -2.50. The van der Waals surface area contributed by atoms with Gasteiger partial charge in [-0.1, -0.05) is 6.07 Å². The van der Waals surface area contributed by atoms with Gasteiger partial charge in [-0.25, -0.2) is 4.79 Å². The standard InChI is InChI=1S/C17H23N3O3.C2HF3O2/c1-23-12-15(21)20-8-3-5-17(13-20)6-9-19(16(17)22)11-14-4-2-7-18-10-14;3-2(4,5)1(6)7/h2,4,7,10H,3,5-6,8-9,11-13H2,1H3;(H,6,7). The molecule has 2 aliphatic rings. The molecular weight excluding hydrogens is 407 g/mol. The number of amides is 2. The van der Waals surface area contributed by atoms with Crippen molar-refractivity contribution in [3.05, 3.63) is 30.1 Å². The molecule has 1 unspecified atom stereocenters. The Labute approximate surface area is 171 Å². The van der Waals surface area contributed by atoms with Crippen molar-refractivity contribution in [1.29, 1.82) is 0 Å². The second-order valence-corrected chi connectivity index (χ2v) is 7.27. The average Bonchev–Trinajstić information content (AvgIpc) is 2.98. The fourth-order valence-corrected chi connectivity index (χ4v) is 3.69. The fourth-order valence-electron chi connectivity index (χ4n) is 3.69. The second-order valence-electron chi connectivity index (χ2n) is 7.27. The quantitative estimate of drug-likeness (QED) is 0.779. The van der Waals surface area contributed by atoms with Crippen LogP contribution >= 0.6 is 0 Å². The highest BCUT2D eigenvalue weighted by molar-refractivity contribution is 5.86. The SMILES string of the molecule is COCC(=O)N1CCCC2(CCN(Cc3cccnc3)C2=O)C1.O=C(O)C(F)(F)F. The van der Waals surface area contributed by atoms with Crippen molar-refractivity contribution in [3.63, 3.8) is 0 Å². The predicted molar refractivity (Wildman–Crippen MR) is 98.1 cm³/mol. The van der Waals surface area contributed by atoms with Crippen LogP contribution in [-0.2, 0) is 25.7 Å². The van der Waals surface area contributed by atoms with Gasteiger partial charge in [0.05, 0.1) is 5.41 Å². The van der Waals surface area contributed by atoms with Crippen LogP contribution in [0.15, 0.2) is 24.5 Å². The van der Waals surface area contributed by atoms with Crippen LogP contribution < -0.4 is 0 Å². The van der Waals surface area contributed by atoms with Crippen molar-refractivity contribution in [1.82, 2.24) is 14.8 Å². The number of ether oxygens (including phenoxy) is 1. The van der Waals surface area contributed by atoms with Gasteiger partial charge in [-0.05, 0) is 30.9 Å². The number of aromatic nitrogens is 1. The van der Waals surface area contributed by atoms with E-state index < -0.39 is 17.6 Å². The van der Waals surface area contributed by atoms with E-state index in [0.717, 1.165) is 37.9 Å². The number of piperidine rings is 1. The van der Waals surface area contributed by atoms with E-state index in [4.69, 9.17) is 14.6 Å². The average molecular weight is 431 g/mol. The van der Waals surface area contributed by atoms with Crippen LogP contribution in [0.1, 0.15) is 24.8 Å². The zero-order valence-electron chi connectivity index (χ0n) is 16.5. The van der Waals surface area contributed by atoms with Gasteiger partial charge in [0.1, 0.15) is 6.61 Å². The third kappa shape index (κ3) is 5.91. The maximum absolute atomic E-state index is 12.9. The Balaban J connectivity index is 0.000000396. The summed E-state index contributed by atoms with van der Waals surface area (Å²) in [6.07, 6.45) is 1.02. The van der Waals surface area contributed by atoms with E-state index in [1.165, 1.54) is 7.11 Å². The van der Waals surface area contributed by atoms with Gasteiger partial charge in [-0.3, -0.25) is 14.6 Å². The largest absolute Gasteiger partial charge is 0.490 e. The molecule has 30 heavy (non-hydrogen) atoms. The minimum Gasteiger partial charge on any atom is -0.475 e. The maximum atomic E-state index is 12.9. The molecule has 0 bridgehead atoms. The van der Waals surface area contributed by atoms with Crippen molar-refractivity contribution >= 4 is 17.8 Å². The number of aliphatic carboxylic acids is 1. The molecule has 1 N–H and O–H groups in total. The maximum Gasteiger partial charge on any atom is 0.490 e. The van der Waals surface area contributed by atoms with Gasteiger partial charge < -0.3 is 19.6 Å². The first kappa shape index (κ1) is 23.6. The Morgan fingerprint density at radius 2 is 2.00 bits per heavy atom.